The third kappa shape index (κ3) is 4.82. The van der Waals surface area contributed by atoms with Gasteiger partial charge in [-0.3, -0.25) is 4.90 Å². The SMILES string of the molecule is CC(C)N(C(=O)OCc1ccccc1)C(C(=O)O)c1ccc(F)cc1Br. The summed E-state index contributed by atoms with van der Waals surface area (Å²) in [4.78, 5) is 25.6. The molecule has 0 saturated carbocycles. The Morgan fingerprint density at radius 3 is 2.38 bits per heavy atom. The molecule has 1 unspecified atom stereocenters. The van der Waals surface area contributed by atoms with Crippen LogP contribution in [0, 0.1) is 5.82 Å². The molecule has 0 spiro atoms. The molecule has 2 rings (SSSR count). The third-order valence-electron chi connectivity index (χ3n) is 3.74. The molecule has 0 aromatic heterocycles. The number of amides is 1. The Hall–Kier alpha value is -2.41. The second kappa shape index (κ2) is 8.80. The lowest BCUT2D eigenvalue weighted by atomic mass is 10.0. The van der Waals surface area contributed by atoms with Gasteiger partial charge in [-0.15, -0.1) is 0 Å². The van der Waals surface area contributed by atoms with E-state index < -0.39 is 30.0 Å². The van der Waals surface area contributed by atoms with Crippen LogP contribution in [0.25, 0.3) is 0 Å². The average molecular weight is 424 g/mol. The van der Waals surface area contributed by atoms with Crippen LogP contribution in [0.15, 0.2) is 53.0 Å². The molecule has 2 aromatic carbocycles. The zero-order valence-corrected chi connectivity index (χ0v) is 15.9. The normalized spacial score (nSPS) is 11.9. The Morgan fingerprint density at radius 1 is 1.19 bits per heavy atom. The Labute approximate surface area is 159 Å². The van der Waals surface area contributed by atoms with Crippen molar-refractivity contribution in [2.75, 3.05) is 0 Å². The van der Waals surface area contributed by atoms with Gasteiger partial charge in [-0.05, 0) is 31.5 Å². The summed E-state index contributed by atoms with van der Waals surface area (Å²) in [5, 5.41) is 9.71. The first-order valence-electron chi connectivity index (χ1n) is 7.98. The highest BCUT2D eigenvalue weighted by Gasteiger charge is 2.35. The quantitative estimate of drug-likeness (QED) is 0.726. The summed E-state index contributed by atoms with van der Waals surface area (Å²) in [7, 11) is 0. The smallest absolute Gasteiger partial charge is 0.411 e. The largest absolute Gasteiger partial charge is 0.479 e. The van der Waals surface area contributed by atoms with E-state index in [1.807, 2.05) is 18.2 Å². The number of carboxylic acids is 1. The maximum Gasteiger partial charge on any atom is 0.411 e. The highest BCUT2D eigenvalue weighted by molar-refractivity contribution is 9.10. The van der Waals surface area contributed by atoms with E-state index in [0.717, 1.165) is 16.5 Å². The van der Waals surface area contributed by atoms with Crippen LogP contribution in [0.2, 0.25) is 0 Å². The van der Waals surface area contributed by atoms with Gasteiger partial charge in [0.1, 0.15) is 12.4 Å². The average Bonchev–Trinajstić information content (AvgIpc) is 2.58. The maximum atomic E-state index is 13.4. The number of halogens is 2. The van der Waals surface area contributed by atoms with Crippen molar-refractivity contribution < 1.29 is 23.8 Å². The zero-order chi connectivity index (χ0) is 19.3. The minimum atomic E-state index is -1.31. The highest BCUT2D eigenvalue weighted by atomic mass is 79.9. The van der Waals surface area contributed by atoms with Crippen molar-refractivity contribution in [2.45, 2.75) is 32.5 Å². The van der Waals surface area contributed by atoms with E-state index in [1.165, 1.54) is 12.1 Å². The van der Waals surface area contributed by atoms with Gasteiger partial charge in [0.15, 0.2) is 6.04 Å². The number of carbonyl (C=O) groups excluding carboxylic acids is 1. The minimum absolute atomic E-state index is 0.0276. The summed E-state index contributed by atoms with van der Waals surface area (Å²) in [5.41, 5.74) is 1.06. The molecule has 0 aliphatic rings. The fourth-order valence-corrected chi connectivity index (χ4v) is 3.10. The van der Waals surface area contributed by atoms with E-state index >= 15 is 0 Å². The molecule has 0 bridgehead atoms. The van der Waals surface area contributed by atoms with Crippen LogP contribution in [0.1, 0.15) is 31.0 Å². The van der Waals surface area contributed by atoms with Crippen LogP contribution < -0.4 is 0 Å². The summed E-state index contributed by atoms with van der Waals surface area (Å²) in [6.07, 6.45) is -0.757. The molecule has 1 atom stereocenters. The van der Waals surface area contributed by atoms with Gasteiger partial charge in [0, 0.05) is 16.1 Å². The molecule has 26 heavy (non-hydrogen) atoms. The summed E-state index contributed by atoms with van der Waals surface area (Å²) in [5.74, 6) is -1.74. The van der Waals surface area contributed by atoms with Crippen molar-refractivity contribution in [3.8, 4) is 0 Å². The number of carboxylic acid groups (broad SMARTS) is 1. The van der Waals surface area contributed by atoms with Crippen molar-refractivity contribution in [2.24, 2.45) is 0 Å². The third-order valence-corrected chi connectivity index (χ3v) is 4.43. The molecule has 0 fully saturated rings. The molecular formula is C19H19BrFNO4. The first kappa shape index (κ1) is 19.9. The van der Waals surface area contributed by atoms with Crippen LogP contribution in [-0.4, -0.2) is 28.1 Å². The number of ether oxygens (including phenoxy) is 1. The van der Waals surface area contributed by atoms with E-state index in [4.69, 9.17) is 4.74 Å². The van der Waals surface area contributed by atoms with Gasteiger partial charge in [0.25, 0.3) is 0 Å². The molecule has 7 heteroatoms. The molecule has 1 amide bonds. The van der Waals surface area contributed by atoms with Crippen LogP contribution in [0.4, 0.5) is 9.18 Å². The van der Waals surface area contributed by atoms with Gasteiger partial charge in [0.2, 0.25) is 0 Å². The first-order valence-corrected chi connectivity index (χ1v) is 8.77. The number of hydrogen-bond donors (Lipinski definition) is 1. The number of hydrogen-bond acceptors (Lipinski definition) is 3. The van der Waals surface area contributed by atoms with Crippen molar-refractivity contribution in [1.29, 1.82) is 0 Å². The summed E-state index contributed by atoms with van der Waals surface area (Å²) < 4.78 is 18.9. The second-order valence-corrected chi connectivity index (χ2v) is 6.80. The Bertz CT molecular complexity index is 782. The van der Waals surface area contributed by atoms with Crippen molar-refractivity contribution in [1.82, 2.24) is 4.90 Å². The number of benzene rings is 2. The van der Waals surface area contributed by atoms with Gasteiger partial charge < -0.3 is 9.84 Å². The predicted molar refractivity (Wildman–Crippen MR) is 98.1 cm³/mol. The Kier molecular flexibility index (Phi) is 6.74. The number of aliphatic carboxylic acids is 1. The van der Waals surface area contributed by atoms with E-state index in [1.54, 1.807) is 26.0 Å². The number of rotatable bonds is 6. The number of nitrogens with zero attached hydrogens (tertiary/aromatic N) is 1. The molecule has 0 saturated heterocycles. The molecule has 0 aliphatic carbocycles. The van der Waals surface area contributed by atoms with Gasteiger partial charge in [0.05, 0.1) is 0 Å². The topological polar surface area (TPSA) is 66.8 Å². The minimum Gasteiger partial charge on any atom is -0.479 e. The van der Waals surface area contributed by atoms with Gasteiger partial charge in [-0.1, -0.05) is 52.3 Å². The summed E-state index contributed by atoms with van der Waals surface area (Å²) in [6.45, 7) is 3.41. The van der Waals surface area contributed by atoms with Crippen molar-refractivity contribution in [3.05, 3.63) is 69.9 Å². The molecule has 0 heterocycles. The predicted octanol–water partition coefficient (Wildman–Crippen LogP) is 4.76. The van der Waals surface area contributed by atoms with Gasteiger partial charge >= 0.3 is 12.1 Å². The summed E-state index contributed by atoms with van der Waals surface area (Å²) in [6, 6.07) is 11.0. The molecular weight excluding hydrogens is 405 g/mol. The van der Waals surface area contributed by atoms with Crippen LogP contribution in [0.5, 0.6) is 0 Å². The summed E-state index contributed by atoms with van der Waals surface area (Å²) >= 11 is 3.18. The lowest BCUT2D eigenvalue weighted by Gasteiger charge is -2.32. The molecule has 1 N–H and O–H groups in total. The van der Waals surface area contributed by atoms with Crippen LogP contribution >= 0.6 is 15.9 Å². The highest BCUT2D eigenvalue weighted by Crippen LogP contribution is 2.31. The zero-order valence-electron chi connectivity index (χ0n) is 14.4. The molecule has 0 radical (unpaired) electrons. The second-order valence-electron chi connectivity index (χ2n) is 5.95. The van der Waals surface area contributed by atoms with Gasteiger partial charge in [-0.2, -0.15) is 0 Å². The Balaban J connectivity index is 2.29. The molecule has 2 aromatic rings. The standard InChI is InChI=1S/C19H19BrFNO4/c1-12(2)22(19(25)26-11-13-6-4-3-5-7-13)17(18(23)24)15-9-8-14(21)10-16(15)20/h3-10,12,17H,11H2,1-2H3,(H,23,24). The fraction of sp³-hybridized carbons (Fsp3) is 0.263. The van der Waals surface area contributed by atoms with Crippen LogP contribution in [0.3, 0.4) is 0 Å². The number of carbonyl (C=O) groups is 2. The van der Waals surface area contributed by atoms with E-state index in [-0.39, 0.29) is 16.6 Å². The maximum absolute atomic E-state index is 13.4. The lowest BCUT2D eigenvalue weighted by Crippen LogP contribution is -2.43. The van der Waals surface area contributed by atoms with E-state index in [0.29, 0.717) is 0 Å². The van der Waals surface area contributed by atoms with Gasteiger partial charge in [-0.25, -0.2) is 14.0 Å². The fourth-order valence-electron chi connectivity index (χ4n) is 2.53. The Morgan fingerprint density at radius 2 is 1.85 bits per heavy atom. The van der Waals surface area contributed by atoms with E-state index in [9.17, 15) is 19.1 Å². The molecule has 0 aliphatic heterocycles. The monoisotopic (exact) mass is 423 g/mol. The van der Waals surface area contributed by atoms with Crippen LogP contribution in [-0.2, 0) is 16.1 Å². The molecule has 5 nitrogen and oxygen atoms in total. The van der Waals surface area contributed by atoms with Crippen molar-refractivity contribution in [3.63, 3.8) is 0 Å². The lowest BCUT2D eigenvalue weighted by molar-refractivity contribution is -0.143. The first-order chi connectivity index (χ1) is 12.3. The molecule has 138 valence electrons. The van der Waals surface area contributed by atoms with Crippen molar-refractivity contribution >= 4 is 28.0 Å². The van der Waals surface area contributed by atoms with E-state index in [2.05, 4.69) is 15.9 Å².